The van der Waals surface area contributed by atoms with Crippen LogP contribution in [0.25, 0.3) is 0 Å². The lowest BCUT2D eigenvalue weighted by Crippen LogP contribution is -2.32. The maximum Gasteiger partial charge on any atom is 0.254 e. The number of halogens is 2. The highest BCUT2D eigenvalue weighted by molar-refractivity contribution is 9.10. The van der Waals surface area contributed by atoms with Gasteiger partial charge in [0.1, 0.15) is 5.82 Å². The van der Waals surface area contributed by atoms with E-state index in [9.17, 15) is 9.18 Å². The van der Waals surface area contributed by atoms with Crippen molar-refractivity contribution in [2.45, 2.75) is 32.1 Å². The topological polar surface area (TPSA) is 20.3 Å². The molecule has 19 heavy (non-hydrogen) atoms. The van der Waals surface area contributed by atoms with Gasteiger partial charge in [0.05, 0.1) is 5.56 Å². The van der Waals surface area contributed by atoms with Gasteiger partial charge in [-0.3, -0.25) is 4.79 Å². The van der Waals surface area contributed by atoms with Crippen LogP contribution in [-0.2, 0) is 0 Å². The molecule has 0 radical (unpaired) electrons. The van der Waals surface area contributed by atoms with Gasteiger partial charge in [0, 0.05) is 18.1 Å². The van der Waals surface area contributed by atoms with Crippen LogP contribution in [0.4, 0.5) is 4.39 Å². The molecule has 0 N–H and O–H groups in total. The fourth-order valence-electron chi connectivity index (χ4n) is 2.71. The minimum atomic E-state index is -0.335. The third kappa shape index (κ3) is 3.78. The second-order valence-corrected chi connectivity index (χ2v) is 6.17. The van der Waals surface area contributed by atoms with E-state index in [1.165, 1.54) is 44.2 Å². The number of carbonyl (C=O) groups is 1. The molecular formula is C15H19BrFNO. The van der Waals surface area contributed by atoms with Crippen LogP contribution in [0.15, 0.2) is 22.7 Å². The predicted octanol–water partition coefficient (Wildman–Crippen LogP) is 4.24. The normalized spacial score (nSPS) is 16.4. The molecule has 1 aromatic carbocycles. The first-order valence-corrected chi connectivity index (χ1v) is 7.57. The summed E-state index contributed by atoms with van der Waals surface area (Å²) in [6.07, 6.45) is 6.28. The Morgan fingerprint density at radius 1 is 1.37 bits per heavy atom. The summed E-state index contributed by atoms with van der Waals surface area (Å²) >= 11 is 3.25. The minimum Gasteiger partial charge on any atom is -0.341 e. The summed E-state index contributed by atoms with van der Waals surface area (Å²) in [5.41, 5.74) is 0.528. The van der Waals surface area contributed by atoms with Gasteiger partial charge in [0.25, 0.3) is 5.91 Å². The van der Waals surface area contributed by atoms with Crippen LogP contribution in [-0.4, -0.2) is 24.4 Å². The number of carbonyl (C=O) groups excluding carboxylic acids is 1. The first-order valence-electron chi connectivity index (χ1n) is 6.78. The Morgan fingerprint density at radius 2 is 2.05 bits per heavy atom. The molecule has 0 heterocycles. The van der Waals surface area contributed by atoms with Crippen LogP contribution in [0.2, 0.25) is 0 Å². The fraction of sp³-hybridized carbons (Fsp3) is 0.533. The SMILES string of the molecule is CN(CC1CCCCC1)C(=O)c1ccc(F)cc1Br. The standard InChI is InChI=1S/C15H19BrFNO/c1-18(10-11-5-3-2-4-6-11)15(19)13-8-7-12(17)9-14(13)16/h7-9,11H,2-6,10H2,1H3. The van der Waals surface area contributed by atoms with E-state index in [0.717, 1.165) is 6.54 Å². The van der Waals surface area contributed by atoms with Gasteiger partial charge in [0.2, 0.25) is 0 Å². The number of hydrogen-bond donors (Lipinski definition) is 0. The zero-order chi connectivity index (χ0) is 13.8. The van der Waals surface area contributed by atoms with Gasteiger partial charge in [-0.15, -0.1) is 0 Å². The molecule has 1 fully saturated rings. The predicted molar refractivity (Wildman–Crippen MR) is 77.6 cm³/mol. The molecule has 0 spiro atoms. The van der Waals surface area contributed by atoms with Crippen LogP contribution in [0.1, 0.15) is 42.5 Å². The van der Waals surface area contributed by atoms with E-state index in [4.69, 9.17) is 0 Å². The van der Waals surface area contributed by atoms with E-state index < -0.39 is 0 Å². The van der Waals surface area contributed by atoms with Gasteiger partial charge in [0.15, 0.2) is 0 Å². The monoisotopic (exact) mass is 327 g/mol. The largest absolute Gasteiger partial charge is 0.341 e. The van der Waals surface area contributed by atoms with Crippen molar-refractivity contribution < 1.29 is 9.18 Å². The molecule has 1 aliphatic carbocycles. The third-order valence-corrected chi connectivity index (χ3v) is 4.42. The molecule has 1 saturated carbocycles. The van der Waals surface area contributed by atoms with Crippen molar-refractivity contribution in [3.63, 3.8) is 0 Å². The van der Waals surface area contributed by atoms with Crippen molar-refractivity contribution in [1.82, 2.24) is 4.90 Å². The van der Waals surface area contributed by atoms with E-state index in [0.29, 0.717) is 16.0 Å². The lowest BCUT2D eigenvalue weighted by Gasteiger charge is -2.27. The quantitative estimate of drug-likeness (QED) is 0.813. The fourth-order valence-corrected chi connectivity index (χ4v) is 3.23. The molecule has 104 valence electrons. The Labute approximate surface area is 122 Å². The Morgan fingerprint density at radius 3 is 2.68 bits per heavy atom. The summed E-state index contributed by atoms with van der Waals surface area (Å²) in [5, 5.41) is 0. The zero-order valence-electron chi connectivity index (χ0n) is 11.2. The summed E-state index contributed by atoms with van der Waals surface area (Å²) in [5.74, 6) is 0.234. The highest BCUT2D eigenvalue weighted by atomic mass is 79.9. The molecule has 2 rings (SSSR count). The molecule has 0 aromatic heterocycles. The number of amides is 1. The smallest absolute Gasteiger partial charge is 0.254 e. The maximum absolute atomic E-state index is 13.0. The van der Waals surface area contributed by atoms with E-state index >= 15 is 0 Å². The molecule has 4 heteroatoms. The molecule has 0 atom stereocenters. The van der Waals surface area contributed by atoms with Crippen LogP contribution >= 0.6 is 15.9 Å². The van der Waals surface area contributed by atoms with Crippen molar-refractivity contribution in [2.75, 3.05) is 13.6 Å². The summed E-state index contributed by atoms with van der Waals surface area (Å²) in [6, 6.07) is 4.20. The highest BCUT2D eigenvalue weighted by Crippen LogP contribution is 2.25. The Hall–Kier alpha value is -0.900. The van der Waals surface area contributed by atoms with Gasteiger partial charge >= 0.3 is 0 Å². The third-order valence-electron chi connectivity index (χ3n) is 3.77. The van der Waals surface area contributed by atoms with Crippen molar-refractivity contribution >= 4 is 21.8 Å². The van der Waals surface area contributed by atoms with Gasteiger partial charge in [-0.25, -0.2) is 4.39 Å². The molecule has 0 saturated heterocycles. The molecule has 0 bridgehead atoms. The van der Waals surface area contributed by atoms with E-state index in [-0.39, 0.29) is 11.7 Å². The lowest BCUT2D eigenvalue weighted by atomic mass is 9.89. The van der Waals surface area contributed by atoms with Gasteiger partial charge in [-0.1, -0.05) is 19.3 Å². The lowest BCUT2D eigenvalue weighted by molar-refractivity contribution is 0.0759. The molecule has 2 nitrogen and oxygen atoms in total. The summed E-state index contributed by atoms with van der Waals surface area (Å²) in [7, 11) is 1.83. The number of nitrogens with zero attached hydrogens (tertiary/aromatic N) is 1. The van der Waals surface area contributed by atoms with Gasteiger partial charge < -0.3 is 4.90 Å². The summed E-state index contributed by atoms with van der Waals surface area (Å²) in [4.78, 5) is 14.1. The molecule has 1 amide bonds. The molecule has 1 aromatic rings. The van der Waals surface area contributed by atoms with E-state index in [2.05, 4.69) is 15.9 Å². The van der Waals surface area contributed by atoms with Crippen molar-refractivity contribution in [3.8, 4) is 0 Å². The Bertz CT molecular complexity index is 457. The molecular weight excluding hydrogens is 309 g/mol. The highest BCUT2D eigenvalue weighted by Gasteiger charge is 2.20. The van der Waals surface area contributed by atoms with Crippen molar-refractivity contribution in [1.29, 1.82) is 0 Å². The van der Waals surface area contributed by atoms with Crippen LogP contribution in [0.3, 0.4) is 0 Å². The van der Waals surface area contributed by atoms with E-state index in [1.54, 1.807) is 11.0 Å². The van der Waals surface area contributed by atoms with E-state index in [1.807, 2.05) is 7.05 Å². The molecule has 1 aliphatic rings. The molecule has 0 unspecified atom stereocenters. The average molecular weight is 328 g/mol. The summed E-state index contributed by atoms with van der Waals surface area (Å²) < 4.78 is 13.6. The zero-order valence-corrected chi connectivity index (χ0v) is 12.7. The van der Waals surface area contributed by atoms with Crippen molar-refractivity contribution in [3.05, 3.63) is 34.1 Å². The van der Waals surface area contributed by atoms with Crippen LogP contribution in [0.5, 0.6) is 0 Å². The van der Waals surface area contributed by atoms with Gasteiger partial charge in [-0.2, -0.15) is 0 Å². The number of benzene rings is 1. The first kappa shape index (κ1) is 14.5. The minimum absolute atomic E-state index is 0.0440. The Balaban J connectivity index is 2.01. The number of rotatable bonds is 3. The van der Waals surface area contributed by atoms with Crippen LogP contribution in [0, 0.1) is 11.7 Å². The molecule has 0 aliphatic heterocycles. The van der Waals surface area contributed by atoms with Crippen molar-refractivity contribution in [2.24, 2.45) is 5.92 Å². The van der Waals surface area contributed by atoms with Gasteiger partial charge in [-0.05, 0) is 52.9 Å². The maximum atomic E-state index is 13.0. The average Bonchev–Trinajstić information content (AvgIpc) is 2.39. The first-order chi connectivity index (χ1) is 9.08. The Kier molecular flexibility index (Phi) is 4.97. The number of hydrogen-bond acceptors (Lipinski definition) is 1. The second-order valence-electron chi connectivity index (χ2n) is 5.31. The van der Waals surface area contributed by atoms with Crippen LogP contribution < -0.4 is 0 Å². The summed E-state index contributed by atoms with van der Waals surface area (Å²) in [6.45, 7) is 0.794. The second kappa shape index (κ2) is 6.51.